The summed E-state index contributed by atoms with van der Waals surface area (Å²) in [5.74, 6) is 0.0468. The monoisotopic (exact) mass is 272 g/mol. The summed E-state index contributed by atoms with van der Waals surface area (Å²) < 4.78 is 19.4. The molecular weight excluding hydrogens is 251 g/mol. The minimum absolute atomic E-state index is 0.293. The van der Waals surface area contributed by atoms with Crippen LogP contribution in [0.15, 0.2) is 42.5 Å². The molecule has 0 aliphatic heterocycles. The van der Waals surface area contributed by atoms with Crippen LogP contribution >= 0.6 is 0 Å². The molecule has 0 N–H and O–H groups in total. The molecule has 0 atom stereocenters. The van der Waals surface area contributed by atoms with Gasteiger partial charge in [0.1, 0.15) is 0 Å². The first-order valence-electron chi connectivity index (χ1n) is 7.26. The van der Waals surface area contributed by atoms with Gasteiger partial charge in [0.25, 0.3) is 0 Å². The molecule has 0 unspecified atom stereocenters. The van der Waals surface area contributed by atoms with Crippen LogP contribution in [-0.2, 0) is 6.42 Å². The van der Waals surface area contributed by atoms with Gasteiger partial charge in [0, 0.05) is 0 Å². The highest BCUT2D eigenvalue weighted by atomic mass is 19.1. The Morgan fingerprint density at radius 3 is 2.25 bits per heavy atom. The van der Waals surface area contributed by atoms with E-state index < -0.39 is 0 Å². The Labute approximate surface area is 120 Å². The highest BCUT2D eigenvalue weighted by Gasteiger charge is 2.06. The summed E-state index contributed by atoms with van der Waals surface area (Å²) >= 11 is 0. The van der Waals surface area contributed by atoms with Gasteiger partial charge in [-0.2, -0.15) is 0 Å². The second-order valence-electron chi connectivity index (χ2n) is 4.90. The predicted molar refractivity (Wildman–Crippen MR) is 81.6 cm³/mol. The molecule has 2 aromatic carbocycles. The van der Waals surface area contributed by atoms with Gasteiger partial charge < -0.3 is 4.74 Å². The molecule has 0 aliphatic rings. The van der Waals surface area contributed by atoms with E-state index >= 15 is 0 Å². The number of rotatable bonds is 6. The van der Waals surface area contributed by atoms with Crippen LogP contribution in [0.4, 0.5) is 4.39 Å². The zero-order chi connectivity index (χ0) is 14.4. The molecule has 2 rings (SSSR count). The third-order valence-electron chi connectivity index (χ3n) is 3.38. The standard InChI is InChI=1S/C18H21FO/c1-3-5-12-20-18-11-10-16(13-17(18)19)15-8-6-14(4-2)7-9-15/h6-11,13H,3-5,12H2,1-2H3. The molecule has 0 heterocycles. The molecule has 0 saturated heterocycles. The molecule has 0 radical (unpaired) electrons. The summed E-state index contributed by atoms with van der Waals surface area (Å²) in [6.07, 6.45) is 3.00. The number of hydrogen-bond acceptors (Lipinski definition) is 1. The average molecular weight is 272 g/mol. The molecule has 2 heteroatoms. The lowest BCUT2D eigenvalue weighted by Gasteiger charge is -2.09. The minimum Gasteiger partial charge on any atom is -0.491 e. The lowest BCUT2D eigenvalue weighted by atomic mass is 10.0. The van der Waals surface area contributed by atoms with E-state index in [0.717, 1.165) is 30.4 Å². The number of aryl methyl sites for hydroxylation is 1. The van der Waals surface area contributed by atoms with Crippen molar-refractivity contribution >= 4 is 0 Å². The Morgan fingerprint density at radius 1 is 0.950 bits per heavy atom. The summed E-state index contributed by atoms with van der Waals surface area (Å²) in [6.45, 7) is 4.78. The number of ether oxygens (including phenoxy) is 1. The third-order valence-corrected chi connectivity index (χ3v) is 3.38. The van der Waals surface area contributed by atoms with E-state index in [0.29, 0.717) is 12.4 Å². The summed E-state index contributed by atoms with van der Waals surface area (Å²) in [5, 5.41) is 0. The van der Waals surface area contributed by atoms with Gasteiger partial charge in [-0.1, -0.05) is 50.6 Å². The van der Waals surface area contributed by atoms with Crippen LogP contribution in [0.3, 0.4) is 0 Å². The van der Waals surface area contributed by atoms with Gasteiger partial charge in [0.05, 0.1) is 6.61 Å². The van der Waals surface area contributed by atoms with Gasteiger partial charge >= 0.3 is 0 Å². The van der Waals surface area contributed by atoms with E-state index in [4.69, 9.17) is 4.74 Å². The Balaban J connectivity index is 2.14. The van der Waals surface area contributed by atoms with Crippen molar-refractivity contribution < 1.29 is 9.13 Å². The quantitative estimate of drug-likeness (QED) is 0.654. The Hall–Kier alpha value is -1.83. The van der Waals surface area contributed by atoms with Crippen molar-refractivity contribution in [2.24, 2.45) is 0 Å². The lowest BCUT2D eigenvalue weighted by molar-refractivity contribution is 0.294. The van der Waals surface area contributed by atoms with E-state index in [1.54, 1.807) is 12.1 Å². The van der Waals surface area contributed by atoms with Crippen molar-refractivity contribution in [2.45, 2.75) is 33.1 Å². The fourth-order valence-electron chi connectivity index (χ4n) is 2.06. The lowest BCUT2D eigenvalue weighted by Crippen LogP contribution is -1.98. The minimum atomic E-state index is -0.293. The van der Waals surface area contributed by atoms with Gasteiger partial charge in [-0.05, 0) is 41.7 Å². The van der Waals surface area contributed by atoms with Crippen LogP contribution in [-0.4, -0.2) is 6.61 Å². The van der Waals surface area contributed by atoms with Crippen molar-refractivity contribution in [1.82, 2.24) is 0 Å². The number of hydrogen-bond donors (Lipinski definition) is 0. The molecule has 0 bridgehead atoms. The number of benzene rings is 2. The molecule has 2 aromatic rings. The van der Waals surface area contributed by atoms with E-state index in [9.17, 15) is 4.39 Å². The fraction of sp³-hybridized carbons (Fsp3) is 0.333. The number of unbranched alkanes of at least 4 members (excludes halogenated alkanes) is 1. The van der Waals surface area contributed by atoms with Crippen LogP contribution in [0.1, 0.15) is 32.3 Å². The van der Waals surface area contributed by atoms with Crippen molar-refractivity contribution in [3.05, 3.63) is 53.8 Å². The predicted octanol–water partition coefficient (Wildman–Crippen LogP) is 5.23. The Morgan fingerprint density at radius 2 is 1.65 bits per heavy atom. The first kappa shape index (κ1) is 14.6. The van der Waals surface area contributed by atoms with E-state index in [1.807, 2.05) is 18.2 Å². The molecule has 0 amide bonds. The second kappa shape index (κ2) is 7.09. The molecule has 106 valence electrons. The van der Waals surface area contributed by atoms with E-state index in [2.05, 4.69) is 26.0 Å². The van der Waals surface area contributed by atoms with Crippen LogP contribution in [0.25, 0.3) is 11.1 Å². The van der Waals surface area contributed by atoms with E-state index in [1.165, 1.54) is 5.56 Å². The summed E-state index contributed by atoms with van der Waals surface area (Å²) in [6, 6.07) is 13.4. The highest BCUT2D eigenvalue weighted by Crippen LogP contribution is 2.26. The normalized spacial score (nSPS) is 10.6. The first-order chi connectivity index (χ1) is 9.74. The van der Waals surface area contributed by atoms with Crippen LogP contribution in [0.2, 0.25) is 0 Å². The molecular formula is C18H21FO. The maximum atomic E-state index is 14.0. The van der Waals surface area contributed by atoms with Gasteiger partial charge in [-0.15, -0.1) is 0 Å². The van der Waals surface area contributed by atoms with Gasteiger partial charge in [-0.3, -0.25) is 0 Å². The van der Waals surface area contributed by atoms with Crippen molar-refractivity contribution in [1.29, 1.82) is 0 Å². The Bertz CT molecular complexity index is 546. The highest BCUT2D eigenvalue weighted by molar-refractivity contribution is 5.64. The Kier molecular flexibility index (Phi) is 5.16. The molecule has 0 fully saturated rings. The van der Waals surface area contributed by atoms with E-state index in [-0.39, 0.29) is 5.82 Å². The van der Waals surface area contributed by atoms with Crippen molar-refractivity contribution in [2.75, 3.05) is 6.61 Å². The molecule has 1 nitrogen and oxygen atoms in total. The zero-order valence-corrected chi connectivity index (χ0v) is 12.2. The SMILES string of the molecule is CCCCOc1ccc(-c2ccc(CC)cc2)cc1F. The maximum Gasteiger partial charge on any atom is 0.165 e. The second-order valence-corrected chi connectivity index (χ2v) is 4.90. The average Bonchev–Trinajstić information content (AvgIpc) is 2.49. The zero-order valence-electron chi connectivity index (χ0n) is 12.2. The maximum absolute atomic E-state index is 14.0. The van der Waals surface area contributed by atoms with Crippen molar-refractivity contribution in [3.63, 3.8) is 0 Å². The van der Waals surface area contributed by atoms with Crippen LogP contribution < -0.4 is 4.74 Å². The largest absolute Gasteiger partial charge is 0.491 e. The summed E-state index contributed by atoms with van der Waals surface area (Å²) in [7, 11) is 0. The molecule has 0 spiro atoms. The molecule has 0 aliphatic carbocycles. The van der Waals surface area contributed by atoms with Gasteiger partial charge in [-0.25, -0.2) is 4.39 Å². The van der Waals surface area contributed by atoms with Crippen molar-refractivity contribution in [3.8, 4) is 16.9 Å². The topological polar surface area (TPSA) is 9.23 Å². The fourth-order valence-corrected chi connectivity index (χ4v) is 2.06. The summed E-state index contributed by atoms with van der Waals surface area (Å²) in [5.41, 5.74) is 3.20. The number of halogens is 1. The molecule has 20 heavy (non-hydrogen) atoms. The molecule has 0 aromatic heterocycles. The van der Waals surface area contributed by atoms with Crippen LogP contribution in [0.5, 0.6) is 5.75 Å². The van der Waals surface area contributed by atoms with Gasteiger partial charge in [0.2, 0.25) is 0 Å². The van der Waals surface area contributed by atoms with Gasteiger partial charge in [0.15, 0.2) is 11.6 Å². The molecule has 0 saturated carbocycles. The smallest absolute Gasteiger partial charge is 0.165 e. The first-order valence-corrected chi connectivity index (χ1v) is 7.26. The third kappa shape index (κ3) is 3.60. The summed E-state index contributed by atoms with van der Waals surface area (Å²) in [4.78, 5) is 0. The van der Waals surface area contributed by atoms with Crippen LogP contribution in [0, 0.1) is 5.82 Å².